The molecule has 2 aromatic rings. The maximum Gasteiger partial charge on any atom is 0.261 e. The zero-order chi connectivity index (χ0) is 20.3. The van der Waals surface area contributed by atoms with Crippen LogP contribution in [0.4, 0.5) is 0 Å². The standard InChI is InChI=1S/C22H27NO5/c1-14(27-16-8-6-15(25-4)7-9-16)21(24)23-19-13-22(2,3)28-20-11-10-17(26-5)12-18(19)20/h6-12,14,19H,13H2,1-5H3,(H,23,24)/t14-,19+/m0/s1. The highest BCUT2D eigenvalue weighted by molar-refractivity contribution is 5.81. The number of hydrogen-bond donors (Lipinski definition) is 1. The van der Waals surface area contributed by atoms with E-state index in [-0.39, 0.29) is 17.6 Å². The lowest BCUT2D eigenvalue weighted by molar-refractivity contribution is -0.128. The Kier molecular flexibility index (Phi) is 5.68. The molecule has 3 rings (SSSR count). The smallest absolute Gasteiger partial charge is 0.261 e. The summed E-state index contributed by atoms with van der Waals surface area (Å²) in [7, 11) is 3.22. The molecule has 0 saturated carbocycles. The molecule has 0 unspecified atom stereocenters. The van der Waals surface area contributed by atoms with Gasteiger partial charge in [0.25, 0.3) is 5.91 Å². The fraction of sp³-hybridized carbons (Fsp3) is 0.409. The topological polar surface area (TPSA) is 66.0 Å². The summed E-state index contributed by atoms with van der Waals surface area (Å²) in [6.07, 6.45) is 0.00200. The van der Waals surface area contributed by atoms with Gasteiger partial charge in [-0.15, -0.1) is 0 Å². The molecule has 0 bridgehead atoms. The molecule has 6 nitrogen and oxygen atoms in total. The molecular formula is C22H27NO5. The highest BCUT2D eigenvalue weighted by atomic mass is 16.5. The van der Waals surface area contributed by atoms with E-state index in [0.29, 0.717) is 12.2 Å². The molecule has 1 heterocycles. The van der Waals surface area contributed by atoms with Gasteiger partial charge in [0.15, 0.2) is 6.10 Å². The van der Waals surface area contributed by atoms with E-state index < -0.39 is 6.10 Å². The van der Waals surface area contributed by atoms with Crippen molar-refractivity contribution in [3.05, 3.63) is 48.0 Å². The summed E-state index contributed by atoms with van der Waals surface area (Å²) in [5.41, 5.74) is 0.517. The van der Waals surface area contributed by atoms with Crippen LogP contribution in [0, 0.1) is 0 Å². The Balaban J connectivity index is 1.73. The van der Waals surface area contributed by atoms with Crippen molar-refractivity contribution in [3.8, 4) is 23.0 Å². The third kappa shape index (κ3) is 4.50. The van der Waals surface area contributed by atoms with Crippen molar-refractivity contribution in [2.45, 2.75) is 44.9 Å². The monoisotopic (exact) mass is 385 g/mol. The lowest BCUT2D eigenvalue weighted by Crippen LogP contribution is -2.44. The summed E-state index contributed by atoms with van der Waals surface area (Å²) in [4.78, 5) is 12.8. The number of rotatable bonds is 6. The number of carbonyl (C=O) groups is 1. The van der Waals surface area contributed by atoms with Crippen molar-refractivity contribution in [1.29, 1.82) is 0 Å². The van der Waals surface area contributed by atoms with Crippen molar-refractivity contribution in [2.24, 2.45) is 0 Å². The van der Waals surface area contributed by atoms with Crippen molar-refractivity contribution in [3.63, 3.8) is 0 Å². The van der Waals surface area contributed by atoms with E-state index in [1.54, 1.807) is 45.4 Å². The van der Waals surface area contributed by atoms with E-state index in [4.69, 9.17) is 18.9 Å². The number of methoxy groups -OCH3 is 2. The quantitative estimate of drug-likeness (QED) is 0.817. The first-order chi connectivity index (χ1) is 13.3. The summed E-state index contributed by atoms with van der Waals surface area (Å²) in [5.74, 6) is 2.64. The van der Waals surface area contributed by atoms with Gasteiger partial charge in [0, 0.05) is 12.0 Å². The molecule has 6 heteroatoms. The van der Waals surface area contributed by atoms with Crippen LogP contribution in [0.3, 0.4) is 0 Å². The number of hydrogen-bond acceptors (Lipinski definition) is 5. The van der Waals surface area contributed by atoms with Crippen molar-refractivity contribution >= 4 is 5.91 Å². The molecule has 0 radical (unpaired) electrons. The third-order valence-electron chi connectivity index (χ3n) is 4.73. The Labute approximate surface area is 165 Å². The van der Waals surface area contributed by atoms with Crippen LogP contribution >= 0.6 is 0 Å². The molecule has 28 heavy (non-hydrogen) atoms. The predicted molar refractivity (Wildman–Crippen MR) is 106 cm³/mol. The zero-order valence-electron chi connectivity index (χ0n) is 16.9. The van der Waals surface area contributed by atoms with Gasteiger partial charge in [0.1, 0.15) is 28.6 Å². The Morgan fingerprint density at radius 3 is 2.32 bits per heavy atom. The number of fused-ring (bicyclic) bond motifs is 1. The second-order valence-corrected chi connectivity index (χ2v) is 7.47. The first-order valence-electron chi connectivity index (χ1n) is 9.29. The molecule has 1 aliphatic rings. The molecule has 2 aromatic carbocycles. The van der Waals surface area contributed by atoms with Gasteiger partial charge >= 0.3 is 0 Å². The SMILES string of the molecule is COc1ccc(O[C@@H](C)C(=O)N[C@@H]2CC(C)(C)Oc3ccc(OC)cc32)cc1. The third-order valence-corrected chi connectivity index (χ3v) is 4.73. The molecular weight excluding hydrogens is 358 g/mol. The van der Waals surface area contributed by atoms with Crippen molar-refractivity contribution in [2.75, 3.05) is 14.2 Å². The summed E-state index contributed by atoms with van der Waals surface area (Å²) < 4.78 is 22.3. The van der Waals surface area contributed by atoms with E-state index in [1.807, 2.05) is 32.0 Å². The van der Waals surface area contributed by atoms with Gasteiger partial charge in [-0.05, 0) is 63.2 Å². The van der Waals surface area contributed by atoms with Crippen LogP contribution in [-0.2, 0) is 4.79 Å². The molecule has 1 N–H and O–H groups in total. The van der Waals surface area contributed by atoms with E-state index in [1.165, 1.54) is 0 Å². The Bertz CT molecular complexity index is 831. The van der Waals surface area contributed by atoms with Crippen LogP contribution in [-0.4, -0.2) is 31.8 Å². The maximum atomic E-state index is 12.8. The number of nitrogens with one attached hydrogen (secondary N) is 1. The summed E-state index contributed by atoms with van der Waals surface area (Å²) >= 11 is 0. The minimum absolute atomic E-state index is 0.188. The molecule has 150 valence electrons. The molecule has 0 fully saturated rings. The summed E-state index contributed by atoms with van der Waals surface area (Å²) in [6.45, 7) is 5.75. The summed E-state index contributed by atoms with van der Waals surface area (Å²) in [5, 5.41) is 3.10. The first kappa shape index (κ1) is 19.9. The van der Waals surface area contributed by atoms with E-state index >= 15 is 0 Å². The van der Waals surface area contributed by atoms with Crippen LogP contribution in [0.5, 0.6) is 23.0 Å². The van der Waals surface area contributed by atoms with Crippen LogP contribution in [0.2, 0.25) is 0 Å². The minimum Gasteiger partial charge on any atom is -0.497 e. The average Bonchev–Trinajstić information content (AvgIpc) is 2.67. The van der Waals surface area contributed by atoms with Crippen LogP contribution in [0.25, 0.3) is 0 Å². The highest BCUT2D eigenvalue weighted by Crippen LogP contribution is 2.41. The van der Waals surface area contributed by atoms with Gasteiger partial charge < -0.3 is 24.3 Å². The molecule has 1 amide bonds. The van der Waals surface area contributed by atoms with Crippen LogP contribution < -0.4 is 24.3 Å². The molecule has 2 atom stereocenters. The van der Waals surface area contributed by atoms with Crippen LogP contribution in [0.1, 0.15) is 38.8 Å². The lowest BCUT2D eigenvalue weighted by atomic mass is 9.89. The second kappa shape index (κ2) is 8.00. The molecule has 0 aliphatic carbocycles. The summed E-state index contributed by atoms with van der Waals surface area (Å²) in [6, 6.07) is 12.6. The van der Waals surface area contributed by atoms with Gasteiger partial charge in [0.05, 0.1) is 20.3 Å². The second-order valence-electron chi connectivity index (χ2n) is 7.47. The van der Waals surface area contributed by atoms with E-state index in [9.17, 15) is 4.79 Å². The van der Waals surface area contributed by atoms with Crippen molar-refractivity contribution < 1.29 is 23.7 Å². The molecule has 0 saturated heterocycles. The normalized spacial score (nSPS) is 18.2. The first-order valence-corrected chi connectivity index (χ1v) is 9.29. The molecule has 0 spiro atoms. The Morgan fingerprint density at radius 2 is 1.68 bits per heavy atom. The largest absolute Gasteiger partial charge is 0.497 e. The predicted octanol–water partition coefficient (Wildman–Crippen LogP) is 3.89. The maximum absolute atomic E-state index is 12.8. The van der Waals surface area contributed by atoms with Gasteiger partial charge in [-0.25, -0.2) is 0 Å². The fourth-order valence-corrected chi connectivity index (χ4v) is 3.29. The van der Waals surface area contributed by atoms with E-state index in [2.05, 4.69) is 5.32 Å². The lowest BCUT2D eigenvalue weighted by Gasteiger charge is -2.38. The highest BCUT2D eigenvalue weighted by Gasteiger charge is 2.35. The van der Waals surface area contributed by atoms with Gasteiger partial charge in [-0.2, -0.15) is 0 Å². The fourth-order valence-electron chi connectivity index (χ4n) is 3.29. The van der Waals surface area contributed by atoms with Gasteiger partial charge in [-0.3, -0.25) is 4.79 Å². The van der Waals surface area contributed by atoms with Gasteiger partial charge in [0.2, 0.25) is 0 Å². The molecule has 0 aromatic heterocycles. The zero-order valence-corrected chi connectivity index (χ0v) is 16.9. The number of carbonyl (C=O) groups excluding carboxylic acids is 1. The van der Waals surface area contributed by atoms with E-state index in [0.717, 1.165) is 22.8 Å². The minimum atomic E-state index is -0.645. The molecule has 1 aliphatic heterocycles. The number of benzene rings is 2. The van der Waals surface area contributed by atoms with Crippen molar-refractivity contribution in [1.82, 2.24) is 5.32 Å². The van der Waals surface area contributed by atoms with Crippen LogP contribution in [0.15, 0.2) is 42.5 Å². The Morgan fingerprint density at radius 1 is 1.07 bits per heavy atom. The average molecular weight is 385 g/mol. The number of amides is 1. The number of ether oxygens (including phenoxy) is 4. The Hall–Kier alpha value is -2.89. The van der Waals surface area contributed by atoms with Gasteiger partial charge in [-0.1, -0.05) is 0 Å².